The number of piperidine rings is 1. The molecule has 5 rings (SSSR count). The molecule has 2 aromatic heterocycles. The predicted octanol–water partition coefficient (Wildman–Crippen LogP) is 1.75. The minimum Gasteiger partial charge on any atom is -0.354 e. The molecule has 3 fully saturated rings. The molecule has 0 spiro atoms. The molecule has 1 aliphatic carbocycles. The molecule has 0 N–H and O–H groups in total. The number of aromatic nitrogens is 5. The summed E-state index contributed by atoms with van der Waals surface area (Å²) in [4.78, 5) is 24.1. The number of carbonyl (C=O) groups excluding carboxylic acids is 1. The van der Waals surface area contributed by atoms with Crippen molar-refractivity contribution in [2.75, 3.05) is 44.2 Å². The standard InChI is InChI=1S/C22H32N8O/c31-22(28-13-11-27(12-14-28)19-6-2-1-3-7-19)18-5-4-10-29(15-18)20-8-9-21(26-25-20)30-17-23-16-24-30/h8-9,16-19H,1-7,10-15H2. The lowest BCUT2D eigenvalue weighted by atomic mass is 9.93. The summed E-state index contributed by atoms with van der Waals surface area (Å²) in [6.45, 7) is 5.44. The molecule has 2 aliphatic heterocycles. The molecule has 0 aromatic carbocycles. The first-order chi connectivity index (χ1) is 15.3. The molecule has 4 heterocycles. The van der Waals surface area contributed by atoms with Crippen LogP contribution < -0.4 is 4.90 Å². The van der Waals surface area contributed by atoms with Gasteiger partial charge in [-0.25, -0.2) is 9.67 Å². The van der Waals surface area contributed by atoms with E-state index in [0.29, 0.717) is 11.7 Å². The lowest BCUT2D eigenvalue weighted by Crippen LogP contribution is -2.54. The average molecular weight is 425 g/mol. The Morgan fingerprint density at radius 3 is 2.35 bits per heavy atom. The Bertz CT molecular complexity index is 841. The zero-order valence-corrected chi connectivity index (χ0v) is 18.1. The molecular formula is C22H32N8O. The summed E-state index contributed by atoms with van der Waals surface area (Å²) in [7, 11) is 0. The van der Waals surface area contributed by atoms with Crippen molar-refractivity contribution in [1.82, 2.24) is 34.8 Å². The van der Waals surface area contributed by atoms with Gasteiger partial charge in [-0.1, -0.05) is 19.3 Å². The Kier molecular flexibility index (Phi) is 6.11. The van der Waals surface area contributed by atoms with Crippen molar-refractivity contribution in [2.45, 2.75) is 51.0 Å². The molecule has 1 amide bonds. The molecule has 9 heteroatoms. The average Bonchev–Trinajstić information content (AvgIpc) is 3.40. The van der Waals surface area contributed by atoms with E-state index in [0.717, 1.165) is 64.0 Å². The van der Waals surface area contributed by atoms with E-state index in [1.807, 2.05) is 12.1 Å². The van der Waals surface area contributed by atoms with E-state index in [4.69, 9.17) is 0 Å². The first-order valence-corrected chi connectivity index (χ1v) is 11.7. The quantitative estimate of drug-likeness (QED) is 0.739. The highest BCUT2D eigenvalue weighted by atomic mass is 16.2. The molecule has 166 valence electrons. The van der Waals surface area contributed by atoms with Gasteiger partial charge in [-0.3, -0.25) is 9.69 Å². The van der Waals surface area contributed by atoms with Gasteiger partial charge in [-0.2, -0.15) is 5.10 Å². The maximum atomic E-state index is 13.2. The summed E-state index contributed by atoms with van der Waals surface area (Å²) < 4.78 is 1.59. The number of piperazine rings is 1. The molecule has 1 atom stereocenters. The zero-order chi connectivity index (χ0) is 21.0. The Morgan fingerprint density at radius 2 is 1.65 bits per heavy atom. The van der Waals surface area contributed by atoms with E-state index in [-0.39, 0.29) is 5.92 Å². The van der Waals surface area contributed by atoms with Gasteiger partial charge in [-0.15, -0.1) is 10.2 Å². The topological polar surface area (TPSA) is 83.3 Å². The van der Waals surface area contributed by atoms with Crippen molar-refractivity contribution in [1.29, 1.82) is 0 Å². The summed E-state index contributed by atoms with van der Waals surface area (Å²) in [5.41, 5.74) is 0. The third-order valence-electron chi connectivity index (χ3n) is 7.10. The molecule has 0 bridgehead atoms. The Balaban J connectivity index is 1.16. The molecule has 2 saturated heterocycles. The van der Waals surface area contributed by atoms with Crippen LogP contribution in [-0.4, -0.2) is 86.0 Å². The lowest BCUT2D eigenvalue weighted by Gasteiger charge is -2.42. The van der Waals surface area contributed by atoms with Crippen LogP contribution in [0.25, 0.3) is 5.82 Å². The van der Waals surface area contributed by atoms with Gasteiger partial charge in [0, 0.05) is 45.3 Å². The Morgan fingerprint density at radius 1 is 0.871 bits per heavy atom. The van der Waals surface area contributed by atoms with Crippen LogP contribution in [0.2, 0.25) is 0 Å². The molecular weight excluding hydrogens is 392 g/mol. The highest BCUT2D eigenvalue weighted by molar-refractivity contribution is 5.80. The summed E-state index contributed by atoms with van der Waals surface area (Å²) in [6.07, 6.45) is 11.8. The third-order valence-corrected chi connectivity index (χ3v) is 7.10. The third kappa shape index (κ3) is 4.56. The molecule has 2 aromatic rings. The molecule has 9 nitrogen and oxygen atoms in total. The van der Waals surface area contributed by atoms with Crippen LogP contribution in [-0.2, 0) is 4.79 Å². The monoisotopic (exact) mass is 424 g/mol. The summed E-state index contributed by atoms with van der Waals surface area (Å²) in [6, 6.07) is 4.60. The Labute approximate surface area is 183 Å². The van der Waals surface area contributed by atoms with Gasteiger partial charge in [0.05, 0.1) is 5.92 Å². The summed E-state index contributed by atoms with van der Waals surface area (Å²) >= 11 is 0. The fourth-order valence-corrected chi connectivity index (χ4v) is 5.33. The fraction of sp³-hybridized carbons (Fsp3) is 0.682. The molecule has 1 saturated carbocycles. The van der Waals surface area contributed by atoms with Crippen molar-refractivity contribution in [3.05, 3.63) is 24.8 Å². The summed E-state index contributed by atoms with van der Waals surface area (Å²) in [5, 5.41) is 12.7. The van der Waals surface area contributed by atoms with Gasteiger partial charge >= 0.3 is 0 Å². The molecule has 3 aliphatic rings. The second kappa shape index (κ2) is 9.30. The van der Waals surface area contributed by atoms with E-state index >= 15 is 0 Å². The van der Waals surface area contributed by atoms with E-state index in [2.05, 4.69) is 35.0 Å². The maximum Gasteiger partial charge on any atom is 0.227 e. The summed E-state index contributed by atoms with van der Waals surface area (Å²) in [5.74, 6) is 1.83. The first kappa shape index (κ1) is 20.4. The minimum atomic E-state index is 0.0479. The number of hydrogen-bond donors (Lipinski definition) is 0. The van der Waals surface area contributed by atoms with Gasteiger partial charge < -0.3 is 9.80 Å². The molecule has 31 heavy (non-hydrogen) atoms. The number of rotatable bonds is 4. The predicted molar refractivity (Wildman–Crippen MR) is 117 cm³/mol. The number of amides is 1. The van der Waals surface area contributed by atoms with Crippen molar-refractivity contribution in [3.63, 3.8) is 0 Å². The highest BCUT2D eigenvalue weighted by Crippen LogP contribution is 2.26. The number of hydrogen-bond acceptors (Lipinski definition) is 7. The van der Waals surface area contributed by atoms with Gasteiger partial charge in [-0.05, 0) is 37.8 Å². The van der Waals surface area contributed by atoms with Crippen LogP contribution in [0.1, 0.15) is 44.9 Å². The number of anilines is 1. The van der Waals surface area contributed by atoms with Gasteiger partial charge in [0.25, 0.3) is 0 Å². The Hall–Kier alpha value is -2.55. The van der Waals surface area contributed by atoms with E-state index < -0.39 is 0 Å². The maximum absolute atomic E-state index is 13.2. The normalized spacial score (nSPS) is 23.8. The van der Waals surface area contributed by atoms with Crippen LogP contribution in [0, 0.1) is 5.92 Å². The van der Waals surface area contributed by atoms with Crippen LogP contribution in [0.4, 0.5) is 5.82 Å². The van der Waals surface area contributed by atoms with Crippen LogP contribution in [0.15, 0.2) is 24.8 Å². The van der Waals surface area contributed by atoms with Crippen molar-refractivity contribution >= 4 is 11.7 Å². The smallest absolute Gasteiger partial charge is 0.227 e. The highest BCUT2D eigenvalue weighted by Gasteiger charge is 2.33. The second-order valence-corrected chi connectivity index (χ2v) is 9.03. The number of carbonyl (C=O) groups is 1. The largest absolute Gasteiger partial charge is 0.354 e. The van der Waals surface area contributed by atoms with Crippen LogP contribution in [0.5, 0.6) is 0 Å². The molecule has 0 radical (unpaired) electrons. The van der Waals surface area contributed by atoms with Crippen molar-refractivity contribution in [3.8, 4) is 5.82 Å². The van der Waals surface area contributed by atoms with E-state index in [1.165, 1.54) is 38.4 Å². The van der Waals surface area contributed by atoms with Crippen LogP contribution >= 0.6 is 0 Å². The number of nitrogens with zero attached hydrogens (tertiary/aromatic N) is 8. The van der Waals surface area contributed by atoms with Crippen molar-refractivity contribution in [2.24, 2.45) is 5.92 Å². The zero-order valence-electron chi connectivity index (χ0n) is 18.1. The van der Waals surface area contributed by atoms with Gasteiger partial charge in [0.15, 0.2) is 11.6 Å². The van der Waals surface area contributed by atoms with Gasteiger partial charge in [0.2, 0.25) is 5.91 Å². The second-order valence-electron chi connectivity index (χ2n) is 9.03. The molecule has 1 unspecified atom stereocenters. The minimum absolute atomic E-state index is 0.0479. The van der Waals surface area contributed by atoms with Crippen LogP contribution in [0.3, 0.4) is 0 Å². The van der Waals surface area contributed by atoms with E-state index in [1.54, 1.807) is 11.0 Å². The SMILES string of the molecule is O=C(C1CCCN(c2ccc(-n3cncn3)nn2)C1)N1CCN(C2CCCCC2)CC1. The lowest BCUT2D eigenvalue weighted by molar-refractivity contribution is -0.138. The van der Waals surface area contributed by atoms with Crippen molar-refractivity contribution < 1.29 is 4.79 Å². The first-order valence-electron chi connectivity index (χ1n) is 11.7. The van der Waals surface area contributed by atoms with E-state index in [9.17, 15) is 4.79 Å². The van der Waals surface area contributed by atoms with Gasteiger partial charge in [0.1, 0.15) is 12.7 Å². The fourth-order valence-electron chi connectivity index (χ4n) is 5.33.